The predicted molar refractivity (Wildman–Crippen MR) is 168 cm³/mol. The van der Waals surface area contributed by atoms with Crippen LogP contribution in [0.2, 0.25) is 0 Å². The van der Waals surface area contributed by atoms with Crippen molar-refractivity contribution in [2.75, 3.05) is 45.1 Å². The molecule has 0 radical (unpaired) electrons. The summed E-state index contributed by atoms with van der Waals surface area (Å²) >= 11 is 0. The molecule has 47 heavy (non-hydrogen) atoms. The van der Waals surface area contributed by atoms with Crippen LogP contribution in [0.15, 0.2) is 36.5 Å². The molecule has 0 unspecified atom stereocenters. The maximum absolute atomic E-state index is 15.6. The number of benzene rings is 2. The van der Waals surface area contributed by atoms with E-state index in [4.69, 9.17) is 10.2 Å². The number of halogens is 1. The van der Waals surface area contributed by atoms with Crippen LogP contribution in [0.25, 0.3) is 22.0 Å². The number of nitrogens with one attached hydrogen (secondary N) is 3. The summed E-state index contributed by atoms with van der Waals surface area (Å²) in [6.45, 7) is -0.187. The minimum absolute atomic E-state index is 0.0550. The van der Waals surface area contributed by atoms with Crippen molar-refractivity contribution in [1.29, 1.82) is 5.41 Å². The van der Waals surface area contributed by atoms with Gasteiger partial charge in [-0.2, -0.15) is 5.10 Å². The van der Waals surface area contributed by atoms with E-state index in [1.165, 1.54) is 13.1 Å². The van der Waals surface area contributed by atoms with Gasteiger partial charge in [0.2, 0.25) is 17.7 Å². The quantitative estimate of drug-likeness (QED) is 0.172. The van der Waals surface area contributed by atoms with Crippen LogP contribution in [-0.4, -0.2) is 105 Å². The van der Waals surface area contributed by atoms with Crippen LogP contribution >= 0.6 is 0 Å². The zero-order valence-electron chi connectivity index (χ0n) is 26.0. The molecule has 0 atom stereocenters. The number of carbonyl (C=O) groups excluding carboxylic acids is 3. The normalized spacial score (nSPS) is 15.1. The Bertz CT molecular complexity index is 1770. The Morgan fingerprint density at radius 1 is 1.06 bits per heavy atom. The van der Waals surface area contributed by atoms with Crippen molar-refractivity contribution in [2.24, 2.45) is 18.4 Å². The number of hydrogen-bond acceptors (Lipinski definition) is 8. The number of hydrogen-bond donors (Lipinski definition) is 5. The summed E-state index contributed by atoms with van der Waals surface area (Å²) in [5, 5.41) is 37.1. The Labute approximate surface area is 269 Å². The van der Waals surface area contributed by atoms with Gasteiger partial charge in [0, 0.05) is 72.9 Å². The highest BCUT2D eigenvalue weighted by atomic mass is 19.1. The molecule has 0 bridgehead atoms. The number of aliphatic carboxylic acids is 2. The summed E-state index contributed by atoms with van der Waals surface area (Å²) in [6, 6.07) is 8.18. The van der Waals surface area contributed by atoms with Gasteiger partial charge in [0.1, 0.15) is 12.4 Å². The lowest BCUT2D eigenvalue weighted by molar-refractivity contribution is -0.154. The first kappa shape index (κ1) is 33.0. The molecule has 1 saturated heterocycles. The van der Waals surface area contributed by atoms with Crippen LogP contribution in [0.5, 0.6) is 0 Å². The number of rotatable bonds is 13. The molecule has 248 valence electrons. The molecular weight excluding hydrogens is 613 g/mol. The van der Waals surface area contributed by atoms with E-state index >= 15 is 4.39 Å². The Kier molecular flexibility index (Phi) is 9.26. The van der Waals surface area contributed by atoms with E-state index in [0.29, 0.717) is 53.6 Å². The molecule has 1 aromatic heterocycles. The van der Waals surface area contributed by atoms with E-state index in [2.05, 4.69) is 15.7 Å². The molecule has 14 nitrogen and oxygen atoms in total. The zero-order chi connectivity index (χ0) is 34.0. The minimum atomic E-state index is -1.21. The molecule has 2 aliphatic rings. The fourth-order valence-corrected chi connectivity index (χ4v) is 6.40. The predicted octanol–water partition coefficient (Wildman–Crippen LogP) is 1.92. The SMILES string of the molecule is CN(CC(=O)NCC(=O)O)C(=O)CNc1cccc(-c2cc3c(cnn3C)cc2F)c1C(=N)C1CC2(C1)CN(C(=O)CCC(=O)O)C2. The third-order valence-corrected chi connectivity index (χ3v) is 8.86. The first-order chi connectivity index (χ1) is 22.3. The van der Waals surface area contributed by atoms with Crippen molar-refractivity contribution in [3.63, 3.8) is 0 Å². The first-order valence-electron chi connectivity index (χ1n) is 15.1. The fraction of sp³-hybridized carbons (Fsp3) is 0.406. The van der Waals surface area contributed by atoms with Gasteiger partial charge in [-0.05, 0) is 36.6 Å². The Hall–Kier alpha value is -5.34. The lowest BCUT2D eigenvalue weighted by Gasteiger charge is -2.59. The Morgan fingerprint density at radius 3 is 2.47 bits per heavy atom. The summed E-state index contributed by atoms with van der Waals surface area (Å²) < 4.78 is 17.2. The van der Waals surface area contributed by atoms with Crippen molar-refractivity contribution >= 4 is 52.0 Å². The summed E-state index contributed by atoms with van der Waals surface area (Å²) in [5.74, 6) is -4.24. The topological polar surface area (TPSA) is 198 Å². The number of likely N-dealkylation sites (N-methyl/N-ethyl adjacent to an activating group) is 1. The number of aryl methyl sites for hydroxylation is 1. The molecule has 1 aliphatic heterocycles. The first-order valence-corrected chi connectivity index (χ1v) is 15.1. The van der Waals surface area contributed by atoms with Crippen LogP contribution < -0.4 is 10.6 Å². The monoisotopic (exact) mass is 649 g/mol. The second-order valence-electron chi connectivity index (χ2n) is 12.3. The van der Waals surface area contributed by atoms with Crippen LogP contribution in [-0.2, 0) is 31.0 Å². The summed E-state index contributed by atoms with van der Waals surface area (Å²) in [7, 11) is 3.15. The third-order valence-electron chi connectivity index (χ3n) is 8.86. The Morgan fingerprint density at radius 2 is 1.79 bits per heavy atom. The van der Waals surface area contributed by atoms with E-state index < -0.39 is 36.1 Å². The largest absolute Gasteiger partial charge is 0.481 e. The molecule has 1 saturated carbocycles. The molecule has 1 spiro atoms. The second-order valence-corrected chi connectivity index (χ2v) is 12.3. The van der Waals surface area contributed by atoms with E-state index in [9.17, 15) is 29.4 Å². The van der Waals surface area contributed by atoms with Gasteiger partial charge in [0.25, 0.3) is 0 Å². The van der Waals surface area contributed by atoms with Gasteiger partial charge in [-0.1, -0.05) is 12.1 Å². The number of fused-ring (bicyclic) bond motifs is 1. The summed E-state index contributed by atoms with van der Waals surface area (Å²) in [6.07, 6.45) is 2.53. The lowest BCUT2D eigenvalue weighted by atomic mass is 9.55. The average molecular weight is 650 g/mol. The van der Waals surface area contributed by atoms with Gasteiger partial charge < -0.3 is 36.1 Å². The lowest BCUT2D eigenvalue weighted by Crippen LogP contribution is -2.64. The number of nitrogens with zero attached hydrogens (tertiary/aromatic N) is 4. The standard InChI is InChI=1S/C32H36FN7O7/c1-38(15-25(41)36-14-29(46)47)27(43)13-35-23-5-3-4-20(21-9-24-18(8-22(21)33)12-37-39(24)2)30(23)31(34)19-10-32(11-19)16-40(17-32)26(42)6-7-28(44)45/h3-5,8-9,12,19,34-35H,6-7,10-11,13-17H2,1-2H3,(H,36,41)(H,44,45)(H,46,47). The van der Waals surface area contributed by atoms with Gasteiger partial charge >= 0.3 is 11.9 Å². The van der Waals surface area contributed by atoms with Crippen LogP contribution in [0, 0.1) is 22.6 Å². The molecular formula is C32H36FN7O7. The molecule has 15 heteroatoms. The molecule has 2 heterocycles. The van der Waals surface area contributed by atoms with Gasteiger partial charge in [-0.3, -0.25) is 28.7 Å². The minimum Gasteiger partial charge on any atom is -0.481 e. The van der Waals surface area contributed by atoms with Crippen molar-refractivity contribution < 1.29 is 38.6 Å². The summed E-state index contributed by atoms with van der Waals surface area (Å²) in [4.78, 5) is 61.7. The molecule has 5 rings (SSSR count). The van der Waals surface area contributed by atoms with E-state index in [0.717, 1.165) is 4.90 Å². The maximum Gasteiger partial charge on any atom is 0.322 e. The fourth-order valence-electron chi connectivity index (χ4n) is 6.40. The highest BCUT2D eigenvalue weighted by molar-refractivity contribution is 6.11. The van der Waals surface area contributed by atoms with Crippen LogP contribution in [0.4, 0.5) is 10.1 Å². The number of anilines is 1. The zero-order valence-corrected chi connectivity index (χ0v) is 26.0. The van der Waals surface area contributed by atoms with Crippen LogP contribution in [0.3, 0.4) is 0 Å². The molecule has 1 aliphatic carbocycles. The molecule has 5 N–H and O–H groups in total. The number of likely N-dealkylation sites (tertiary alicyclic amines) is 1. The van der Waals surface area contributed by atoms with Crippen LogP contribution in [0.1, 0.15) is 31.2 Å². The smallest absolute Gasteiger partial charge is 0.322 e. The second kappa shape index (κ2) is 13.2. The van der Waals surface area contributed by atoms with Gasteiger partial charge in [-0.25, -0.2) is 4.39 Å². The van der Waals surface area contributed by atoms with Crippen molar-refractivity contribution in [3.8, 4) is 11.1 Å². The molecule has 2 fully saturated rings. The van der Waals surface area contributed by atoms with E-state index in [1.807, 2.05) is 0 Å². The number of aromatic nitrogens is 2. The number of carboxylic acid groups (broad SMARTS) is 2. The van der Waals surface area contributed by atoms with Crippen molar-refractivity contribution in [2.45, 2.75) is 25.7 Å². The molecule has 3 aromatic rings. The average Bonchev–Trinajstić information content (AvgIpc) is 3.34. The van der Waals surface area contributed by atoms with Gasteiger partial charge in [0.15, 0.2) is 0 Å². The highest BCUT2D eigenvalue weighted by Crippen LogP contribution is 2.53. The number of amides is 3. The number of carboxylic acids is 2. The van der Waals surface area contributed by atoms with Crippen molar-refractivity contribution in [1.82, 2.24) is 24.9 Å². The van der Waals surface area contributed by atoms with E-state index in [-0.39, 0.29) is 54.4 Å². The summed E-state index contributed by atoms with van der Waals surface area (Å²) in [5.41, 5.74) is 2.36. The Balaban J connectivity index is 1.36. The van der Waals surface area contributed by atoms with Gasteiger partial charge in [-0.15, -0.1) is 0 Å². The van der Waals surface area contributed by atoms with Gasteiger partial charge in [0.05, 0.1) is 31.2 Å². The molecule has 2 aromatic carbocycles. The third kappa shape index (κ3) is 7.08. The maximum atomic E-state index is 15.6. The van der Waals surface area contributed by atoms with E-state index in [1.54, 1.807) is 47.1 Å². The highest BCUT2D eigenvalue weighted by Gasteiger charge is 2.54. The van der Waals surface area contributed by atoms with Crippen molar-refractivity contribution in [3.05, 3.63) is 47.9 Å². The number of carbonyl (C=O) groups is 5. The molecule has 3 amide bonds.